The Labute approximate surface area is 278 Å². The highest BCUT2D eigenvalue weighted by atomic mass is 32.2. The van der Waals surface area contributed by atoms with Crippen molar-refractivity contribution in [3.8, 4) is 34.0 Å². The summed E-state index contributed by atoms with van der Waals surface area (Å²) in [6.07, 6.45) is 2.90. The van der Waals surface area contributed by atoms with Gasteiger partial charge in [-0.15, -0.1) is 10.2 Å². The number of pyridine rings is 1. The molecule has 1 atom stereocenters. The lowest BCUT2D eigenvalue weighted by atomic mass is 10.00. The second kappa shape index (κ2) is 14.4. The molecule has 0 saturated carbocycles. The number of benzene rings is 3. The molecule has 0 aliphatic heterocycles. The van der Waals surface area contributed by atoms with Gasteiger partial charge in [-0.1, -0.05) is 30.3 Å². The van der Waals surface area contributed by atoms with Gasteiger partial charge in [-0.05, 0) is 65.2 Å². The molecule has 0 aliphatic carbocycles. The van der Waals surface area contributed by atoms with Gasteiger partial charge in [-0.3, -0.25) is 4.98 Å². The van der Waals surface area contributed by atoms with Crippen LogP contribution in [0.3, 0.4) is 0 Å². The third-order valence-corrected chi connectivity index (χ3v) is 10.5. The zero-order chi connectivity index (χ0) is 34.5. The van der Waals surface area contributed by atoms with Crippen molar-refractivity contribution in [2.75, 3.05) is 26.5 Å². The minimum atomic E-state index is -4.62. The summed E-state index contributed by atoms with van der Waals surface area (Å²) < 4.78 is 71.8. The number of nitrogens with zero attached hydrogens (tertiary/aromatic N) is 5. The molecule has 0 aliphatic rings. The fourth-order valence-electron chi connectivity index (χ4n) is 4.78. The van der Waals surface area contributed by atoms with Crippen molar-refractivity contribution < 1.29 is 26.3 Å². The first-order chi connectivity index (χ1) is 22.9. The molecule has 0 unspecified atom stereocenters. The zero-order valence-corrected chi connectivity index (χ0v) is 28.0. The standard InChI is InChI=1S/C31H35N9O6S2/c1-20(15-32)38-47(41,42)28-13-12-27(23-14-24(33)18-34-17-23)29(30(28)48(43,44)35-16-21-4-8-25(45-2)9-5-21)31-36-39-40(37-31)19-22-6-10-26(46-3)11-7-22/h4-14,17-18,20,35,38H,15-16,19,32-33H2,1-3H3/t20-/m1/s1. The second-order valence-electron chi connectivity index (χ2n) is 10.7. The largest absolute Gasteiger partial charge is 0.497 e. The summed E-state index contributed by atoms with van der Waals surface area (Å²) in [5.74, 6) is 1.11. The van der Waals surface area contributed by atoms with E-state index in [4.69, 9.17) is 20.9 Å². The van der Waals surface area contributed by atoms with Gasteiger partial charge in [-0.2, -0.15) is 4.80 Å². The van der Waals surface area contributed by atoms with E-state index in [2.05, 4.69) is 29.8 Å². The van der Waals surface area contributed by atoms with Crippen LogP contribution in [0.5, 0.6) is 11.5 Å². The van der Waals surface area contributed by atoms with Gasteiger partial charge in [-0.25, -0.2) is 26.3 Å². The summed E-state index contributed by atoms with van der Waals surface area (Å²) in [7, 11) is -6.01. The Morgan fingerprint density at radius 3 is 2.12 bits per heavy atom. The number of aromatic nitrogens is 5. The molecule has 5 rings (SSSR count). The molecular formula is C31H35N9O6S2. The van der Waals surface area contributed by atoms with Crippen molar-refractivity contribution in [3.05, 3.63) is 90.3 Å². The van der Waals surface area contributed by atoms with Crippen molar-refractivity contribution >= 4 is 25.7 Å². The van der Waals surface area contributed by atoms with Gasteiger partial charge in [0, 0.05) is 37.1 Å². The van der Waals surface area contributed by atoms with Gasteiger partial charge in [0.05, 0.1) is 32.0 Å². The number of hydrogen-bond donors (Lipinski definition) is 4. The van der Waals surface area contributed by atoms with E-state index >= 15 is 0 Å². The van der Waals surface area contributed by atoms with Crippen molar-refractivity contribution in [2.24, 2.45) is 5.73 Å². The Kier molecular flexibility index (Phi) is 10.4. The molecule has 0 bridgehead atoms. The van der Waals surface area contributed by atoms with Crippen LogP contribution in [0.1, 0.15) is 18.1 Å². The van der Waals surface area contributed by atoms with Gasteiger partial charge in [0.25, 0.3) is 0 Å². The Hall–Kier alpha value is -4.94. The Bertz CT molecular complexity index is 2110. The number of methoxy groups -OCH3 is 2. The van der Waals surface area contributed by atoms with Gasteiger partial charge < -0.3 is 20.9 Å². The maximum absolute atomic E-state index is 14.4. The van der Waals surface area contributed by atoms with E-state index in [1.54, 1.807) is 56.5 Å². The molecule has 0 radical (unpaired) electrons. The van der Waals surface area contributed by atoms with E-state index in [0.717, 1.165) is 5.56 Å². The molecule has 48 heavy (non-hydrogen) atoms. The van der Waals surface area contributed by atoms with Crippen molar-refractivity contribution in [1.29, 1.82) is 0 Å². The van der Waals surface area contributed by atoms with E-state index in [9.17, 15) is 16.8 Å². The summed E-state index contributed by atoms with van der Waals surface area (Å²) in [6, 6.07) is 17.5. The molecule has 0 amide bonds. The van der Waals surface area contributed by atoms with E-state index < -0.39 is 35.9 Å². The number of ether oxygens (including phenoxy) is 2. The summed E-state index contributed by atoms with van der Waals surface area (Å²) in [5.41, 5.74) is 14.0. The lowest BCUT2D eigenvalue weighted by Crippen LogP contribution is -2.38. The molecule has 0 spiro atoms. The van der Waals surface area contributed by atoms with Gasteiger partial charge >= 0.3 is 0 Å². The quantitative estimate of drug-likeness (QED) is 0.132. The fourth-order valence-corrected chi connectivity index (χ4v) is 8.09. The van der Waals surface area contributed by atoms with Crippen LogP contribution in [0.4, 0.5) is 5.69 Å². The molecule has 3 aromatic carbocycles. The number of anilines is 1. The monoisotopic (exact) mass is 693 g/mol. The first-order valence-electron chi connectivity index (χ1n) is 14.6. The highest BCUT2D eigenvalue weighted by Crippen LogP contribution is 2.39. The highest BCUT2D eigenvalue weighted by Gasteiger charge is 2.34. The maximum Gasteiger partial charge on any atom is 0.242 e. The Morgan fingerprint density at radius 2 is 1.52 bits per heavy atom. The summed E-state index contributed by atoms with van der Waals surface area (Å²) in [6.45, 7) is 1.54. The van der Waals surface area contributed by atoms with Crippen molar-refractivity contribution in [2.45, 2.75) is 35.8 Å². The maximum atomic E-state index is 14.4. The predicted octanol–water partition coefficient (Wildman–Crippen LogP) is 2.15. The van der Waals surface area contributed by atoms with E-state index in [1.807, 2.05) is 12.1 Å². The van der Waals surface area contributed by atoms with E-state index in [1.165, 1.54) is 36.4 Å². The Morgan fingerprint density at radius 1 is 0.875 bits per heavy atom. The number of hydrogen-bond acceptors (Lipinski definition) is 12. The van der Waals surface area contributed by atoms with Crippen LogP contribution < -0.4 is 30.4 Å². The second-order valence-corrected chi connectivity index (χ2v) is 14.1. The number of nitrogens with one attached hydrogen (secondary N) is 2. The van der Waals surface area contributed by atoms with Crippen LogP contribution in [0.15, 0.2) is 88.9 Å². The topological polar surface area (TPSA) is 219 Å². The van der Waals surface area contributed by atoms with Crippen molar-refractivity contribution in [3.63, 3.8) is 0 Å². The number of rotatable bonds is 14. The minimum absolute atomic E-state index is 0.0296. The van der Waals surface area contributed by atoms with Gasteiger partial charge in [0.2, 0.25) is 25.9 Å². The van der Waals surface area contributed by atoms with E-state index in [-0.39, 0.29) is 36.6 Å². The molecule has 6 N–H and O–H groups in total. The van der Waals surface area contributed by atoms with Crippen LogP contribution in [0.25, 0.3) is 22.5 Å². The number of tetrazole rings is 1. The summed E-state index contributed by atoms with van der Waals surface area (Å²) >= 11 is 0. The van der Waals surface area contributed by atoms with Crippen LogP contribution in [-0.4, -0.2) is 68.8 Å². The van der Waals surface area contributed by atoms with Gasteiger partial charge in [0.15, 0.2) is 0 Å². The smallest absolute Gasteiger partial charge is 0.242 e. The molecular weight excluding hydrogens is 659 g/mol. The first kappa shape index (κ1) is 34.4. The Balaban J connectivity index is 1.71. The normalized spacial score (nSPS) is 12.5. The lowest BCUT2D eigenvalue weighted by molar-refractivity contribution is 0.414. The molecule has 0 saturated heterocycles. The number of nitrogen functional groups attached to an aromatic ring is 1. The molecule has 5 aromatic rings. The molecule has 2 aromatic heterocycles. The van der Waals surface area contributed by atoms with E-state index in [0.29, 0.717) is 28.3 Å². The van der Waals surface area contributed by atoms with Gasteiger partial charge in [0.1, 0.15) is 21.3 Å². The van der Waals surface area contributed by atoms with Crippen LogP contribution in [0.2, 0.25) is 0 Å². The lowest BCUT2D eigenvalue weighted by Gasteiger charge is -2.20. The summed E-state index contributed by atoms with van der Waals surface area (Å²) in [5, 5.41) is 12.9. The number of nitrogens with two attached hydrogens (primary N) is 2. The highest BCUT2D eigenvalue weighted by molar-refractivity contribution is 7.92. The predicted molar refractivity (Wildman–Crippen MR) is 179 cm³/mol. The third kappa shape index (κ3) is 7.77. The molecule has 2 heterocycles. The molecule has 0 fully saturated rings. The van der Waals surface area contributed by atoms with Crippen LogP contribution >= 0.6 is 0 Å². The average molecular weight is 694 g/mol. The van der Waals surface area contributed by atoms with Crippen LogP contribution in [0, 0.1) is 0 Å². The fraction of sp³-hybridized carbons (Fsp3) is 0.226. The summed E-state index contributed by atoms with van der Waals surface area (Å²) in [4.78, 5) is 4.31. The molecule has 252 valence electrons. The molecule has 17 heteroatoms. The number of sulfonamides is 2. The minimum Gasteiger partial charge on any atom is -0.497 e. The van der Waals surface area contributed by atoms with Crippen LogP contribution in [-0.2, 0) is 33.1 Å². The SMILES string of the molecule is COc1ccc(CNS(=O)(=O)c2c(S(=O)(=O)N[C@H](C)CN)ccc(-c3cncc(N)c3)c2-c2nnn(Cc3ccc(OC)cc3)n2)cc1. The third-order valence-electron chi connectivity index (χ3n) is 7.24. The average Bonchev–Trinajstić information content (AvgIpc) is 3.55. The zero-order valence-electron chi connectivity index (χ0n) is 26.4. The first-order valence-corrected chi connectivity index (χ1v) is 17.5. The van der Waals surface area contributed by atoms with Crippen molar-refractivity contribution in [1.82, 2.24) is 34.6 Å². The molecule has 15 nitrogen and oxygen atoms in total.